The third-order valence-electron chi connectivity index (χ3n) is 5.26. The number of thioether (sulfide) groups is 1. The van der Waals surface area contributed by atoms with Crippen LogP contribution in [0.5, 0.6) is 11.5 Å². The summed E-state index contributed by atoms with van der Waals surface area (Å²) in [7, 11) is 1.59. The first-order valence-corrected chi connectivity index (χ1v) is 11.6. The van der Waals surface area contributed by atoms with Gasteiger partial charge >= 0.3 is 0 Å². The molecule has 0 spiro atoms. The molecule has 33 heavy (non-hydrogen) atoms. The Kier molecular flexibility index (Phi) is 6.99. The van der Waals surface area contributed by atoms with E-state index >= 15 is 0 Å². The van der Waals surface area contributed by atoms with Crippen molar-refractivity contribution >= 4 is 22.7 Å². The highest BCUT2D eigenvalue weighted by Crippen LogP contribution is 2.47. The van der Waals surface area contributed by atoms with Gasteiger partial charge in [0.25, 0.3) is 5.91 Å². The lowest BCUT2D eigenvalue weighted by molar-refractivity contribution is 0.0747. The standard InChI is InChI=1S/C26H25FN2O3S/c1-4-16-32-22-11-7-10-21(23(22)31-3)26-29(25(30)20-9-6-5-8-17(20)2)28-24(33-26)18-12-14-19(27)15-13-18/h5-15,26H,4,16H2,1-3H3. The molecule has 3 aromatic rings. The van der Waals surface area contributed by atoms with Crippen LogP contribution in [0.15, 0.2) is 71.8 Å². The predicted octanol–water partition coefficient (Wildman–Crippen LogP) is 6.18. The fourth-order valence-corrected chi connectivity index (χ4v) is 4.78. The first-order valence-electron chi connectivity index (χ1n) is 10.7. The molecule has 0 saturated carbocycles. The fraction of sp³-hybridized carbons (Fsp3) is 0.231. The van der Waals surface area contributed by atoms with Crippen LogP contribution in [0.1, 0.15) is 45.8 Å². The number of aryl methyl sites for hydroxylation is 1. The molecule has 0 saturated heterocycles. The Bertz CT molecular complexity index is 1180. The van der Waals surface area contributed by atoms with Gasteiger partial charge in [-0.15, -0.1) is 0 Å². The van der Waals surface area contributed by atoms with Gasteiger partial charge in [-0.25, -0.2) is 9.40 Å². The molecular formula is C26H25FN2O3S. The molecule has 1 heterocycles. The van der Waals surface area contributed by atoms with Gasteiger partial charge in [-0.05, 0) is 55.3 Å². The molecule has 1 aliphatic rings. The zero-order chi connectivity index (χ0) is 23.4. The van der Waals surface area contributed by atoms with Crippen LogP contribution < -0.4 is 9.47 Å². The lowest BCUT2D eigenvalue weighted by Gasteiger charge is -2.24. The number of amides is 1. The number of hydrogen-bond donors (Lipinski definition) is 0. The lowest BCUT2D eigenvalue weighted by atomic mass is 10.1. The van der Waals surface area contributed by atoms with E-state index in [1.54, 1.807) is 25.3 Å². The van der Waals surface area contributed by atoms with E-state index < -0.39 is 5.37 Å². The number of nitrogens with zero attached hydrogens (tertiary/aromatic N) is 2. The van der Waals surface area contributed by atoms with Gasteiger partial charge in [-0.3, -0.25) is 4.79 Å². The van der Waals surface area contributed by atoms with E-state index in [4.69, 9.17) is 9.47 Å². The zero-order valence-electron chi connectivity index (χ0n) is 18.7. The second kappa shape index (κ2) is 10.1. The lowest BCUT2D eigenvalue weighted by Crippen LogP contribution is -2.27. The highest BCUT2D eigenvalue weighted by Gasteiger charge is 2.37. The van der Waals surface area contributed by atoms with Crippen LogP contribution in [0.25, 0.3) is 0 Å². The number of hydrogen-bond acceptors (Lipinski definition) is 5. The minimum Gasteiger partial charge on any atom is -0.492 e. The van der Waals surface area contributed by atoms with Gasteiger partial charge in [0.1, 0.15) is 16.2 Å². The summed E-state index contributed by atoms with van der Waals surface area (Å²) in [4.78, 5) is 13.6. The van der Waals surface area contributed by atoms with Gasteiger partial charge in [0.15, 0.2) is 11.5 Å². The Hall–Kier alpha value is -3.32. The molecule has 0 aromatic heterocycles. The number of para-hydroxylation sites is 1. The van der Waals surface area contributed by atoms with Crippen LogP contribution >= 0.6 is 11.8 Å². The van der Waals surface area contributed by atoms with Crippen molar-refractivity contribution in [1.29, 1.82) is 0 Å². The summed E-state index contributed by atoms with van der Waals surface area (Å²) in [5, 5.41) is 6.31. The van der Waals surface area contributed by atoms with Crippen LogP contribution in [0.3, 0.4) is 0 Å². The molecule has 4 rings (SSSR count). The second-order valence-electron chi connectivity index (χ2n) is 7.57. The first kappa shape index (κ1) is 22.9. The normalized spacial score (nSPS) is 15.3. The third-order valence-corrected chi connectivity index (χ3v) is 6.48. The summed E-state index contributed by atoms with van der Waals surface area (Å²) in [6, 6.07) is 19.2. The SMILES string of the molecule is CCCOc1cccc(C2SC(c3ccc(F)cc3)=NN2C(=O)c2ccccc2C)c1OC. The molecule has 170 valence electrons. The van der Waals surface area contributed by atoms with Gasteiger partial charge in [0, 0.05) is 16.7 Å². The summed E-state index contributed by atoms with van der Waals surface area (Å²) in [6.45, 7) is 4.49. The molecule has 3 aromatic carbocycles. The largest absolute Gasteiger partial charge is 0.492 e. The Balaban J connectivity index is 1.78. The molecule has 1 atom stereocenters. The van der Waals surface area contributed by atoms with E-state index in [9.17, 15) is 9.18 Å². The van der Waals surface area contributed by atoms with Crippen molar-refractivity contribution in [3.8, 4) is 11.5 Å². The van der Waals surface area contributed by atoms with Crippen LogP contribution in [-0.4, -0.2) is 29.7 Å². The monoisotopic (exact) mass is 464 g/mol. The van der Waals surface area contributed by atoms with Crippen molar-refractivity contribution in [1.82, 2.24) is 5.01 Å². The van der Waals surface area contributed by atoms with Crippen molar-refractivity contribution in [2.24, 2.45) is 5.10 Å². The van der Waals surface area contributed by atoms with E-state index in [1.807, 2.05) is 50.2 Å². The van der Waals surface area contributed by atoms with E-state index in [0.717, 1.165) is 23.1 Å². The van der Waals surface area contributed by atoms with Crippen LogP contribution in [0.4, 0.5) is 4.39 Å². The fourth-order valence-electron chi connectivity index (χ4n) is 3.60. The summed E-state index contributed by atoms with van der Waals surface area (Å²) < 4.78 is 25.1. The molecule has 0 fully saturated rings. The number of carbonyl (C=O) groups excluding carboxylic acids is 1. The van der Waals surface area contributed by atoms with Gasteiger partial charge in [-0.2, -0.15) is 5.10 Å². The Morgan fingerprint density at radius 2 is 1.85 bits per heavy atom. The van der Waals surface area contributed by atoms with Gasteiger partial charge in [0.05, 0.1) is 13.7 Å². The predicted molar refractivity (Wildman–Crippen MR) is 129 cm³/mol. The second-order valence-corrected chi connectivity index (χ2v) is 8.64. The molecule has 0 bridgehead atoms. The number of hydrazone groups is 1. The van der Waals surface area contributed by atoms with Crippen LogP contribution in [-0.2, 0) is 0 Å². The number of halogens is 1. The highest BCUT2D eigenvalue weighted by molar-refractivity contribution is 8.14. The summed E-state index contributed by atoms with van der Waals surface area (Å²) >= 11 is 1.42. The Labute approximate surface area is 197 Å². The molecule has 1 unspecified atom stereocenters. The molecule has 1 aliphatic heterocycles. The van der Waals surface area contributed by atoms with E-state index in [0.29, 0.717) is 28.7 Å². The van der Waals surface area contributed by atoms with Crippen molar-refractivity contribution < 1.29 is 18.7 Å². The average molecular weight is 465 g/mol. The average Bonchev–Trinajstić information content (AvgIpc) is 3.28. The Morgan fingerprint density at radius 1 is 1.09 bits per heavy atom. The number of benzene rings is 3. The quantitative estimate of drug-likeness (QED) is 0.419. The van der Waals surface area contributed by atoms with Crippen molar-refractivity contribution in [2.45, 2.75) is 25.6 Å². The van der Waals surface area contributed by atoms with Crippen molar-refractivity contribution in [2.75, 3.05) is 13.7 Å². The molecule has 0 radical (unpaired) electrons. The summed E-state index contributed by atoms with van der Waals surface area (Å²) in [5.41, 5.74) is 2.95. The molecular weight excluding hydrogens is 439 g/mol. The van der Waals surface area contributed by atoms with E-state index in [1.165, 1.54) is 28.9 Å². The maximum atomic E-state index is 13.6. The van der Waals surface area contributed by atoms with E-state index in [2.05, 4.69) is 5.10 Å². The maximum Gasteiger partial charge on any atom is 0.275 e. The smallest absolute Gasteiger partial charge is 0.275 e. The minimum absolute atomic E-state index is 0.218. The molecule has 7 heteroatoms. The number of ether oxygens (including phenoxy) is 2. The summed E-state index contributed by atoms with van der Waals surface area (Å²) in [6.07, 6.45) is 0.862. The third kappa shape index (κ3) is 4.73. The molecule has 5 nitrogen and oxygen atoms in total. The van der Waals surface area contributed by atoms with Crippen molar-refractivity contribution in [3.05, 3.63) is 94.8 Å². The van der Waals surface area contributed by atoms with E-state index in [-0.39, 0.29) is 11.7 Å². The maximum absolute atomic E-state index is 13.6. The van der Waals surface area contributed by atoms with Gasteiger partial charge in [0.2, 0.25) is 0 Å². The molecule has 1 amide bonds. The number of methoxy groups -OCH3 is 1. The number of rotatable bonds is 7. The number of carbonyl (C=O) groups is 1. The molecule has 0 aliphatic carbocycles. The molecule has 0 N–H and O–H groups in total. The van der Waals surface area contributed by atoms with Gasteiger partial charge < -0.3 is 9.47 Å². The van der Waals surface area contributed by atoms with Crippen LogP contribution in [0.2, 0.25) is 0 Å². The first-order chi connectivity index (χ1) is 16.0. The Morgan fingerprint density at radius 3 is 2.55 bits per heavy atom. The summed E-state index contributed by atoms with van der Waals surface area (Å²) in [5.74, 6) is 0.649. The van der Waals surface area contributed by atoms with Crippen LogP contribution in [0, 0.1) is 12.7 Å². The topological polar surface area (TPSA) is 51.1 Å². The highest BCUT2D eigenvalue weighted by atomic mass is 32.2. The minimum atomic E-state index is -0.475. The van der Waals surface area contributed by atoms with Crippen molar-refractivity contribution in [3.63, 3.8) is 0 Å². The van der Waals surface area contributed by atoms with Gasteiger partial charge in [-0.1, -0.05) is 49.0 Å². The zero-order valence-corrected chi connectivity index (χ0v) is 19.6.